The SMILES string of the molecule is COC(=O)c1c(NC(=O)CCc2ccccc2)sc2c1CCCC2. The zero-order chi connectivity index (χ0) is 16.9. The summed E-state index contributed by atoms with van der Waals surface area (Å²) in [4.78, 5) is 25.7. The second-order valence-corrected chi connectivity index (χ2v) is 7.05. The van der Waals surface area contributed by atoms with E-state index in [1.807, 2.05) is 30.3 Å². The molecular weight excluding hydrogens is 322 g/mol. The maximum Gasteiger partial charge on any atom is 0.341 e. The van der Waals surface area contributed by atoms with E-state index >= 15 is 0 Å². The summed E-state index contributed by atoms with van der Waals surface area (Å²) in [6.45, 7) is 0. The summed E-state index contributed by atoms with van der Waals surface area (Å²) in [6, 6.07) is 9.92. The molecule has 0 atom stereocenters. The monoisotopic (exact) mass is 343 g/mol. The predicted molar refractivity (Wildman–Crippen MR) is 95.7 cm³/mol. The van der Waals surface area contributed by atoms with Crippen LogP contribution in [-0.4, -0.2) is 19.0 Å². The Hall–Kier alpha value is -2.14. The van der Waals surface area contributed by atoms with Gasteiger partial charge in [-0.2, -0.15) is 0 Å². The molecule has 1 aliphatic rings. The normalized spacial score (nSPS) is 13.2. The van der Waals surface area contributed by atoms with E-state index in [1.54, 1.807) is 0 Å². The molecule has 0 saturated carbocycles. The third-order valence-corrected chi connectivity index (χ3v) is 5.50. The number of anilines is 1. The van der Waals surface area contributed by atoms with E-state index < -0.39 is 0 Å². The number of fused-ring (bicyclic) bond motifs is 1. The molecule has 2 aromatic rings. The van der Waals surface area contributed by atoms with Crippen molar-refractivity contribution in [2.24, 2.45) is 0 Å². The number of hydrogen-bond acceptors (Lipinski definition) is 4. The van der Waals surface area contributed by atoms with Gasteiger partial charge in [-0.05, 0) is 43.2 Å². The molecule has 0 spiro atoms. The number of thiophene rings is 1. The van der Waals surface area contributed by atoms with Crippen LogP contribution in [0.4, 0.5) is 5.00 Å². The van der Waals surface area contributed by atoms with Gasteiger partial charge in [0.15, 0.2) is 0 Å². The van der Waals surface area contributed by atoms with Crippen molar-refractivity contribution in [2.75, 3.05) is 12.4 Å². The van der Waals surface area contributed by atoms with Gasteiger partial charge in [-0.3, -0.25) is 4.79 Å². The first-order chi connectivity index (χ1) is 11.7. The highest BCUT2D eigenvalue weighted by atomic mass is 32.1. The van der Waals surface area contributed by atoms with E-state index in [4.69, 9.17) is 4.74 Å². The lowest BCUT2D eigenvalue weighted by Gasteiger charge is -2.11. The minimum absolute atomic E-state index is 0.0670. The van der Waals surface area contributed by atoms with E-state index in [-0.39, 0.29) is 11.9 Å². The number of methoxy groups -OCH3 is 1. The van der Waals surface area contributed by atoms with E-state index in [0.717, 1.165) is 36.8 Å². The number of esters is 1. The summed E-state index contributed by atoms with van der Waals surface area (Å²) in [5.74, 6) is -0.421. The van der Waals surface area contributed by atoms with Gasteiger partial charge in [0, 0.05) is 11.3 Å². The van der Waals surface area contributed by atoms with Crippen molar-refractivity contribution < 1.29 is 14.3 Å². The van der Waals surface area contributed by atoms with Crippen LogP contribution in [0, 0.1) is 0 Å². The highest BCUT2D eigenvalue weighted by Gasteiger charge is 2.26. The molecule has 1 heterocycles. The number of nitrogens with one attached hydrogen (secondary N) is 1. The molecule has 0 unspecified atom stereocenters. The quantitative estimate of drug-likeness (QED) is 0.835. The summed E-state index contributed by atoms with van der Waals surface area (Å²) in [7, 11) is 1.39. The lowest BCUT2D eigenvalue weighted by atomic mass is 9.95. The van der Waals surface area contributed by atoms with E-state index in [1.165, 1.54) is 23.3 Å². The third-order valence-electron chi connectivity index (χ3n) is 4.30. The molecule has 0 radical (unpaired) electrons. The van der Waals surface area contributed by atoms with Crippen molar-refractivity contribution in [1.82, 2.24) is 0 Å². The fourth-order valence-corrected chi connectivity index (χ4v) is 4.36. The minimum atomic E-state index is -0.354. The maximum absolute atomic E-state index is 12.3. The summed E-state index contributed by atoms with van der Waals surface area (Å²) in [6.07, 6.45) is 5.16. The van der Waals surface area contributed by atoms with Crippen molar-refractivity contribution in [1.29, 1.82) is 0 Å². The van der Waals surface area contributed by atoms with Crippen LogP contribution < -0.4 is 5.32 Å². The Kier molecular flexibility index (Phi) is 5.30. The smallest absolute Gasteiger partial charge is 0.341 e. The Labute approximate surface area is 145 Å². The molecule has 1 aliphatic carbocycles. The molecule has 126 valence electrons. The number of carbonyl (C=O) groups is 2. The second kappa shape index (κ2) is 7.62. The van der Waals surface area contributed by atoms with Gasteiger partial charge < -0.3 is 10.1 Å². The summed E-state index contributed by atoms with van der Waals surface area (Å²) in [5.41, 5.74) is 2.76. The zero-order valence-corrected chi connectivity index (χ0v) is 14.6. The minimum Gasteiger partial charge on any atom is -0.465 e. The van der Waals surface area contributed by atoms with E-state index in [2.05, 4.69) is 5.32 Å². The lowest BCUT2D eigenvalue weighted by Crippen LogP contribution is -2.15. The van der Waals surface area contributed by atoms with Gasteiger partial charge in [0.1, 0.15) is 5.00 Å². The molecule has 0 bridgehead atoms. The highest BCUT2D eigenvalue weighted by molar-refractivity contribution is 7.17. The first-order valence-corrected chi connectivity index (χ1v) is 9.07. The molecular formula is C19H21NO3S. The topological polar surface area (TPSA) is 55.4 Å². The molecule has 1 N–H and O–H groups in total. The number of benzene rings is 1. The standard InChI is InChI=1S/C19H21NO3S/c1-23-19(22)17-14-9-5-6-10-15(14)24-18(17)20-16(21)12-11-13-7-3-2-4-8-13/h2-4,7-8H,5-6,9-12H2,1H3,(H,20,21). The van der Waals surface area contributed by atoms with Gasteiger partial charge in [-0.1, -0.05) is 30.3 Å². The number of carbonyl (C=O) groups excluding carboxylic acids is 2. The number of hydrogen-bond donors (Lipinski definition) is 1. The van der Waals surface area contributed by atoms with Crippen LogP contribution in [0.5, 0.6) is 0 Å². The van der Waals surface area contributed by atoms with Crippen molar-refractivity contribution in [3.05, 3.63) is 51.9 Å². The number of aryl methyl sites for hydroxylation is 2. The molecule has 3 rings (SSSR count). The first kappa shape index (κ1) is 16.7. The van der Waals surface area contributed by atoms with Crippen LogP contribution in [0.1, 0.15) is 45.6 Å². The second-order valence-electron chi connectivity index (χ2n) is 5.94. The van der Waals surface area contributed by atoms with E-state index in [0.29, 0.717) is 23.4 Å². The van der Waals surface area contributed by atoms with Crippen LogP contribution in [0.25, 0.3) is 0 Å². The summed E-state index contributed by atoms with van der Waals surface area (Å²) in [5, 5.41) is 3.58. The van der Waals surface area contributed by atoms with Gasteiger partial charge in [0.05, 0.1) is 12.7 Å². The fraction of sp³-hybridized carbons (Fsp3) is 0.368. The highest BCUT2D eigenvalue weighted by Crippen LogP contribution is 2.38. The first-order valence-electron chi connectivity index (χ1n) is 8.25. The fourth-order valence-electron chi connectivity index (χ4n) is 3.06. The number of ether oxygens (including phenoxy) is 1. The maximum atomic E-state index is 12.3. The molecule has 0 aliphatic heterocycles. The van der Waals surface area contributed by atoms with Gasteiger partial charge in [-0.15, -0.1) is 11.3 Å². The molecule has 0 saturated heterocycles. The van der Waals surface area contributed by atoms with Gasteiger partial charge in [0.2, 0.25) is 5.91 Å². The molecule has 1 aromatic heterocycles. The largest absolute Gasteiger partial charge is 0.465 e. The Morgan fingerprint density at radius 2 is 1.92 bits per heavy atom. The third kappa shape index (κ3) is 3.67. The molecule has 4 nitrogen and oxygen atoms in total. The average molecular weight is 343 g/mol. The van der Waals surface area contributed by atoms with Gasteiger partial charge in [-0.25, -0.2) is 4.79 Å². The number of amides is 1. The van der Waals surface area contributed by atoms with Crippen LogP contribution in [0.15, 0.2) is 30.3 Å². The van der Waals surface area contributed by atoms with Crippen LogP contribution in [0.2, 0.25) is 0 Å². The van der Waals surface area contributed by atoms with Crippen molar-refractivity contribution in [2.45, 2.75) is 38.5 Å². The molecule has 0 fully saturated rings. The van der Waals surface area contributed by atoms with Gasteiger partial charge >= 0.3 is 5.97 Å². The average Bonchev–Trinajstić information content (AvgIpc) is 2.98. The Morgan fingerprint density at radius 3 is 2.67 bits per heavy atom. The summed E-state index contributed by atoms with van der Waals surface area (Å²) < 4.78 is 4.93. The summed E-state index contributed by atoms with van der Waals surface area (Å²) >= 11 is 1.52. The Balaban J connectivity index is 1.73. The zero-order valence-electron chi connectivity index (χ0n) is 13.8. The van der Waals surface area contributed by atoms with Crippen LogP contribution >= 0.6 is 11.3 Å². The molecule has 1 aromatic carbocycles. The lowest BCUT2D eigenvalue weighted by molar-refractivity contribution is -0.116. The van der Waals surface area contributed by atoms with Crippen molar-refractivity contribution in [3.63, 3.8) is 0 Å². The van der Waals surface area contributed by atoms with Crippen molar-refractivity contribution in [3.8, 4) is 0 Å². The van der Waals surface area contributed by atoms with Crippen LogP contribution in [-0.2, 0) is 28.8 Å². The van der Waals surface area contributed by atoms with Crippen LogP contribution in [0.3, 0.4) is 0 Å². The Morgan fingerprint density at radius 1 is 1.17 bits per heavy atom. The predicted octanol–water partition coefficient (Wildman–Crippen LogP) is 3.98. The van der Waals surface area contributed by atoms with Gasteiger partial charge in [0.25, 0.3) is 0 Å². The van der Waals surface area contributed by atoms with E-state index in [9.17, 15) is 9.59 Å². The molecule has 1 amide bonds. The number of rotatable bonds is 5. The van der Waals surface area contributed by atoms with Crippen molar-refractivity contribution >= 4 is 28.2 Å². The molecule has 5 heteroatoms. The Bertz CT molecular complexity index is 737. The molecule has 24 heavy (non-hydrogen) atoms.